The number of hydrogen-bond donors (Lipinski definition) is 0. The first kappa shape index (κ1) is 25.3. The second-order valence-corrected chi connectivity index (χ2v) is 12.0. The van der Waals surface area contributed by atoms with Crippen LogP contribution in [0, 0.1) is 0 Å². The standard InChI is InChI=1S/C42H26BNO2/c1-2-11-27(12-3-1)28-13-8-14-29(25-28)30-23-24-33-34-17-9-22-39-41(34)43(46-40(33)26-30)35-18-10-21-38(42(35)45-39)44-36-19-6-4-15-31(36)32-16-5-7-20-37(32)44/h1-26H. The highest BCUT2D eigenvalue weighted by atomic mass is 16.5. The van der Waals surface area contributed by atoms with Crippen molar-refractivity contribution in [3.8, 4) is 56.3 Å². The van der Waals surface area contributed by atoms with E-state index in [1.165, 1.54) is 21.9 Å². The molecule has 3 heterocycles. The Hall–Kier alpha value is -6.00. The number of ether oxygens (including phenoxy) is 1. The highest BCUT2D eigenvalue weighted by Gasteiger charge is 2.41. The number of para-hydroxylation sites is 3. The van der Waals surface area contributed by atoms with Gasteiger partial charge in [-0.15, -0.1) is 0 Å². The van der Waals surface area contributed by atoms with Crippen LogP contribution in [0.25, 0.3) is 60.9 Å². The van der Waals surface area contributed by atoms with Crippen molar-refractivity contribution in [2.45, 2.75) is 0 Å². The molecule has 8 aromatic rings. The summed E-state index contributed by atoms with van der Waals surface area (Å²) in [5, 5.41) is 2.45. The number of nitrogens with zero attached hydrogens (tertiary/aromatic N) is 1. The molecule has 0 radical (unpaired) electrons. The van der Waals surface area contributed by atoms with Crippen molar-refractivity contribution in [3.05, 3.63) is 158 Å². The third kappa shape index (κ3) is 3.67. The first-order chi connectivity index (χ1) is 22.8. The summed E-state index contributed by atoms with van der Waals surface area (Å²) in [7, 11) is 0. The van der Waals surface area contributed by atoms with Crippen molar-refractivity contribution in [3.63, 3.8) is 0 Å². The number of hydrogen-bond acceptors (Lipinski definition) is 2. The fourth-order valence-corrected chi connectivity index (χ4v) is 7.40. The summed E-state index contributed by atoms with van der Waals surface area (Å²) < 4.78 is 16.2. The molecule has 0 saturated heterocycles. The lowest BCUT2D eigenvalue weighted by molar-refractivity contribution is 0.477. The molecule has 1 aromatic heterocycles. The topological polar surface area (TPSA) is 23.4 Å². The maximum atomic E-state index is 7.00. The van der Waals surface area contributed by atoms with Crippen LogP contribution in [-0.2, 0) is 0 Å². The van der Waals surface area contributed by atoms with E-state index < -0.39 is 0 Å². The van der Waals surface area contributed by atoms with Gasteiger partial charge in [-0.25, -0.2) is 0 Å². The molecule has 0 saturated carbocycles. The van der Waals surface area contributed by atoms with E-state index in [1.54, 1.807) is 0 Å². The van der Waals surface area contributed by atoms with Crippen LogP contribution in [0.15, 0.2) is 158 Å². The molecule has 0 unspecified atom stereocenters. The number of rotatable bonds is 3. The van der Waals surface area contributed by atoms with Crippen LogP contribution in [0.3, 0.4) is 0 Å². The Labute approximate surface area is 267 Å². The molecule has 0 N–H and O–H groups in total. The normalized spacial score (nSPS) is 12.7. The van der Waals surface area contributed by atoms with Gasteiger partial charge in [-0.1, -0.05) is 121 Å². The first-order valence-electron chi connectivity index (χ1n) is 15.7. The quantitative estimate of drug-likeness (QED) is 0.192. The molecule has 0 aliphatic carbocycles. The van der Waals surface area contributed by atoms with Gasteiger partial charge in [-0.05, 0) is 64.2 Å². The molecule has 46 heavy (non-hydrogen) atoms. The average Bonchev–Trinajstić information content (AvgIpc) is 3.46. The largest absolute Gasteiger partial charge is 0.551 e. The van der Waals surface area contributed by atoms with Gasteiger partial charge in [0.1, 0.15) is 17.2 Å². The highest BCUT2D eigenvalue weighted by molar-refractivity contribution is 6.84. The molecule has 0 atom stereocenters. The molecular formula is C42H26BNO2. The fourth-order valence-electron chi connectivity index (χ4n) is 7.40. The van der Waals surface area contributed by atoms with Crippen molar-refractivity contribution in [2.75, 3.05) is 0 Å². The predicted octanol–water partition coefficient (Wildman–Crippen LogP) is 9.39. The minimum Gasteiger partial charge on any atom is -0.551 e. The number of aromatic nitrogens is 1. The van der Waals surface area contributed by atoms with E-state index in [9.17, 15) is 0 Å². The zero-order valence-corrected chi connectivity index (χ0v) is 24.9. The Balaban J connectivity index is 1.13. The monoisotopic (exact) mass is 587 g/mol. The minimum absolute atomic E-state index is 0.290. The molecule has 0 amide bonds. The average molecular weight is 587 g/mol. The number of benzene rings is 7. The Kier molecular flexibility index (Phi) is 5.37. The lowest BCUT2D eigenvalue weighted by Gasteiger charge is -2.33. The maximum Gasteiger partial charge on any atom is 0.434 e. The van der Waals surface area contributed by atoms with E-state index in [0.717, 1.165) is 67.1 Å². The second kappa shape index (κ2) is 9.75. The molecule has 2 aliphatic heterocycles. The van der Waals surface area contributed by atoms with Crippen molar-refractivity contribution in [1.82, 2.24) is 4.57 Å². The molecule has 10 rings (SSSR count). The molecule has 214 valence electrons. The summed E-state index contributed by atoms with van der Waals surface area (Å²) >= 11 is 0. The van der Waals surface area contributed by atoms with Crippen molar-refractivity contribution in [2.24, 2.45) is 0 Å². The third-order valence-corrected chi connectivity index (χ3v) is 9.49. The van der Waals surface area contributed by atoms with Gasteiger partial charge in [0.2, 0.25) is 0 Å². The maximum absolute atomic E-state index is 7.00. The predicted molar refractivity (Wildman–Crippen MR) is 189 cm³/mol. The van der Waals surface area contributed by atoms with Crippen LogP contribution in [0.2, 0.25) is 0 Å². The van der Waals surface area contributed by atoms with Crippen LogP contribution in [0.5, 0.6) is 17.2 Å². The third-order valence-electron chi connectivity index (χ3n) is 9.49. The lowest BCUT2D eigenvalue weighted by atomic mass is 9.51. The second-order valence-electron chi connectivity index (χ2n) is 12.0. The van der Waals surface area contributed by atoms with Crippen LogP contribution in [0.1, 0.15) is 0 Å². The van der Waals surface area contributed by atoms with Gasteiger partial charge >= 0.3 is 6.92 Å². The molecule has 0 spiro atoms. The molecule has 2 aliphatic rings. The van der Waals surface area contributed by atoms with Crippen LogP contribution >= 0.6 is 0 Å². The van der Waals surface area contributed by atoms with Gasteiger partial charge in [0.25, 0.3) is 0 Å². The SMILES string of the molecule is c1ccc(-c2cccc(-c3ccc4c(c3)OB3c5cccc(-n6c7ccccc7c7ccccc76)c5Oc5cccc-4c53)c2)cc1. The summed E-state index contributed by atoms with van der Waals surface area (Å²) in [5.41, 5.74) is 12.4. The summed E-state index contributed by atoms with van der Waals surface area (Å²) in [4.78, 5) is 0. The first-order valence-corrected chi connectivity index (χ1v) is 15.7. The smallest absolute Gasteiger partial charge is 0.434 e. The van der Waals surface area contributed by atoms with Crippen LogP contribution in [-0.4, -0.2) is 11.5 Å². The zero-order chi connectivity index (χ0) is 30.2. The van der Waals surface area contributed by atoms with Crippen molar-refractivity contribution < 1.29 is 9.39 Å². The Morgan fingerprint density at radius 2 is 1.11 bits per heavy atom. The van der Waals surface area contributed by atoms with Gasteiger partial charge < -0.3 is 14.0 Å². The summed E-state index contributed by atoms with van der Waals surface area (Å²) in [6.07, 6.45) is 0. The minimum atomic E-state index is -0.290. The van der Waals surface area contributed by atoms with Gasteiger partial charge in [0.15, 0.2) is 0 Å². The molecule has 3 nitrogen and oxygen atoms in total. The van der Waals surface area contributed by atoms with Gasteiger partial charge in [-0.3, -0.25) is 0 Å². The summed E-state index contributed by atoms with van der Waals surface area (Å²) in [6, 6.07) is 55.8. The van der Waals surface area contributed by atoms with Crippen LogP contribution < -0.4 is 20.3 Å². The van der Waals surface area contributed by atoms with Gasteiger partial charge in [0.05, 0.1) is 16.7 Å². The van der Waals surface area contributed by atoms with E-state index in [0.29, 0.717) is 0 Å². The molecule has 4 heteroatoms. The summed E-state index contributed by atoms with van der Waals surface area (Å²) in [5.74, 6) is 2.56. The lowest BCUT2D eigenvalue weighted by Crippen LogP contribution is -2.53. The highest BCUT2D eigenvalue weighted by Crippen LogP contribution is 2.43. The fraction of sp³-hybridized carbons (Fsp3) is 0. The molecule has 0 bridgehead atoms. The van der Waals surface area contributed by atoms with Gasteiger partial charge in [0, 0.05) is 27.3 Å². The number of fused-ring (bicyclic) bond motifs is 7. The van der Waals surface area contributed by atoms with E-state index in [-0.39, 0.29) is 6.92 Å². The Morgan fingerprint density at radius 3 is 1.91 bits per heavy atom. The Bertz CT molecular complexity index is 2440. The van der Waals surface area contributed by atoms with Crippen LogP contribution in [0.4, 0.5) is 0 Å². The zero-order valence-electron chi connectivity index (χ0n) is 24.9. The van der Waals surface area contributed by atoms with E-state index in [4.69, 9.17) is 9.39 Å². The van der Waals surface area contributed by atoms with Gasteiger partial charge in [-0.2, -0.15) is 0 Å². The molecule has 0 fully saturated rings. The molecular weight excluding hydrogens is 561 g/mol. The molecule has 7 aromatic carbocycles. The Morgan fingerprint density at radius 1 is 0.457 bits per heavy atom. The van der Waals surface area contributed by atoms with E-state index >= 15 is 0 Å². The summed E-state index contributed by atoms with van der Waals surface area (Å²) in [6.45, 7) is -0.290. The van der Waals surface area contributed by atoms with Crippen molar-refractivity contribution >= 4 is 39.6 Å². The van der Waals surface area contributed by atoms with E-state index in [1.807, 2.05) is 0 Å². The van der Waals surface area contributed by atoms with E-state index in [2.05, 4.69) is 162 Å². The van der Waals surface area contributed by atoms with Crippen molar-refractivity contribution in [1.29, 1.82) is 0 Å².